The third-order valence-corrected chi connectivity index (χ3v) is 1.88. The molecule has 0 saturated carbocycles. The molecule has 1 rings (SSSR count). The fourth-order valence-corrected chi connectivity index (χ4v) is 1.24. The number of hydrogen-bond acceptors (Lipinski definition) is 1. The van der Waals surface area contributed by atoms with Gasteiger partial charge in [-0.15, -0.1) is 0 Å². The van der Waals surface area contributed by atoms with Crippen LogP contribution in [-0.4, -0.2) is 6.61 Å². The van der Waals surface area contributed by atoms with Crippen molar-refractivity contribution in [1.82, 2.24) is 0 Å². The predicted octanol–water partition coefficient (Wildman–Crippen LogP) is 3.71. The van der Waals surface area contributed by atoms with E-state index in [1.807, 2.05) is 6.07 Å². The highest BCUT2D eigenvalue weighted by Gasteiger charge is 2.00. The van der Waals surface area contributed by atoms with Crippen LogP contribution >= 0.6 is 11.6 Å². The molecule has 0 heterocycles. The van der Waals surface area contributed by atoms with Crippen LogP contribution in [0.4, 0.5) is 0 Å². The molecule has 0 aliphatic carbocycles. The lowest BCUT2D eigenvalue weighted by molar-refractivity contribution is 0.271. The number of ether oxygens (including phenoxy) is 1. The summed E-state index contributed by atoms with van der Waals surface area (Å²) in [5.74, 6) is 1.28. The first kappa shape index (κ1) is 11.1. The molecule has 0 spiro atoms. The lowest BCUT2D eigenvalue weighted by Gasteiger charge is -2.09. The van der Waals surface area contributed by atoms with E-state index in [2.05, 4.69) is 26.5 Å². The third-order valence-electron chi connectivity index (χ3n) is 1.66. The Morgan fingerprint density at radius 2 is 2.14 bits per heavy atom. The molecule has 1 aromatic rings. The molecule has 0 atom stereocenters. The summed E-state index contributed by atoms with van der Waals surface area (Å²) < 4.78 is 5.54. The van der Waals surface area contributed by atoms with Gasteiger partial charge in [0.15, 0.2) is 0 Å². The van der Waals surface area contributed by atoms with Crippen LogP contribution in [-0.2, 0) is 0 Å². The molecule has 1 aromatic carbocycles. The second-order valence-corrected chi connectivity index (χ2v) is 3.99. The Balaban J connectivity index is 2.76. The molecular weight excluding hydrogens is 196 g/mol. The Bertz CT molecular complexity index is 318. The number of benzene rings is 1. The maximum absolute atomic E-state index is 5.90. The van der Waals surface area contributed by atoms with E-state index in [4.69, 9.17) is 16.3 Å². The van der Waals surface area contributed by atoms with Crippen LogP contribution in [0.1, 0.15) is 19.4 Å². The Kier molecular flexibility index (Phi) is 4.02. The molecule has 0 amide bonds. The van der Waals surface area contributed by atoms with Crippen molar-refractivity contribution in [3.63, 3.8) is 0 Å². The van der Waals surface area contributed by atoms with Crippen LogP contribution in [0.15, 0.2) is 24.8 Å². The smallest absolute Gasteiger partial charge is 0.121 e. The highest BCUT2D eigenvalue weighted by atomic mass is 35.5. The molecule has 1 nitrogen and oxygen atoms in total. The fourth-order valence-electron chi connectivity index (χ4n) is 1.01. The fraction of sp³-hybridized carbons (Fsp3) is 0.333. The van der Waals surface area contributed by atoms with E-state index >= 15 is 0 Å². The van der Waals surface area contributed by atoms with E-state index in [1.165, 1.54) is 0 Å². The molecule has 0 aliphatic heterocycles. The Morgan fingerprint density at radius 1 is 1.43 bits per heavy atom. The van der Waals surface area contributed by atoms with Crippen LogP contribution in [0.3, 0.4) is 0 Å². The zero-order valence-corrected chi connectivity index (χ0v) is 9.27. The van der Waals surface area contributed by atoms with Crippen LogP contribution in [0.25, 0.3) is 0 Å². The van der Waals surface area contributed by atoms with Gasteiger partial charge < -0.3 is 4.74 Å². The number of halogens is 1. The molecule has 0 aliphatic rings. The van der Waals surface area contributed by atoms with Gasteiger partial charge >= 0.3 is 0 Å². The van der Waals surface area contributed by atoms with Gasteiger partial charge in [0.2, 0.25) is 0 Å². The standard InChI is InChI=1S/C12H14ClO/c1-4-10-5-11(13)7-12(6-10)14-8-9(2)3/h5-7,9H,1,8H2,2-3H3. The molecule has 0 bridgehead atoms. The lowest BCUT2D eigenvalue weighted by atomic mass is 10.2. The number of rotatable bonds is 4. The molecule has 2 heteroatoms. The predicted molar refractivity (Wildman–Crippen MR) is 59.8 cm³/mol. The maximum atomic E-state index is 5.90. The minimum atomic E-state index is 0.505. The van der Waals surface area contributed by atoms with Crippen LogP contribution in [0, 0.1) is 12.0 Å². The normalized spacial score (nSPS) is 10.3. The van der Waals surface area contributed by atoms with Gasteiger partial charge in [-0.05, 0) is 35.8 Å². The Hall–Kier alpha value is -0.950. The van der Waals surface area contributed by atoms with Crippen LogP contribution in [0.2, 0.25) is 5.02 Å². The van der Waals surface area contributed by atoms with Gasteiger partial charge in [0.1, 0.15) is 5.75 Å². The molecule has 14 heavy (non-hydrogen) atoms. The molecule has 0 unspecified atom stereocenters. The Labute approximate surface area is 90.3 Å². The topological polar surface area (TPSA) is 9.23 Å². The monoisotopic (exact) mass is 209 g/mol. The van der Waals surface area contributed by atoms with Gasteiger partial charge in [-0.1, -0.05) is 32.0 Å². The average Bonchev–Trinajstić information content (AvgIpc) is 2.14. The second-order valence-electron chi connectivity index (χ2n) is 3.56. The molecule has 0 fully saturated rings. The second kappa shape index (κ2) is 5.06. The summed E-state index contributed by atoms with van der Waals surface area (Å²) in [7, 11) is 0. The Morgan fingerprint density at radius 3 is 2.71 bits per heavy atom. The highest BCUT2D eigenvalue weighted by molar-refractivity contribution is 6.30. The van der Waals surface area contributed by atoms with E-state index in [9.17, 15) is 0 Å². The maximum Gasteiger partial charge on any atom is 0.121 e. The minimum Gasteiger partial charge on any atom is -0.493 e. The summed E-state index contributed by atoms with van der Waals surface area (Å²) in [5.41, 5.74) is 0.858. The molecule has 0 saturated heterocycles. The third kappa shape index (κ3) is 3.43. The largest absolute Gasteiger partial charge is 0.493 e. The summed E-state index contributed by atoms with van der Waals surface area (Å²) >= 11 is 5.90. The number of hydrogen-bond donors (Lipinski definition) is 0. The highest BCUT2D eigenvalue weighted by Crippen LogP contribution is 2.21. The van der Waals surface area contributed by atoms with Gasteiger partial charge in [0.05, 0.1) is 6.61 Å². The quantitative estimate of drug-likeness (QED) is 0.735. The first-order valence-electron chi connectivity index (χ1n) is 4.58. The van der Waals surface area contributed by atoms with Crippen molar-refractivity contribution in [2.24, 2.45) is 5.92 Å². The molecule has 75 valence electrons. The van der Waals surface area contributed by atoms with Crippen LogP contribution < -0.4 is 4.74 Å². The first-order chi connectivity index (χ1) is 6.61. The molecule has 0 N–H and O–H groups in total. The van der Waals surface area contributed by atoms with E-state index in [0.29, 0.717) is 17.5 Å². The van der Waals surface area contributed by atoms with Gasteiger partial charge in [-0.25, -0.2) is 0 Å². The first-order valence-corrected chi connectivity index (χ1v) is 4.96. The van der Waals surface area contributed by atoms with Crippen molar-refractivity contribution in [1.29, 1.82) is 0 Å². The van der Waals surface area contributed by atoms with Crippen molar-refractivity contribution < 1.29 is 4.74 Å². The van der Waals surface area contributed by atoms with Crippen LogP contribution in [0.5, 0.6) is 5.75 Å². The summed E-state index contributed by atoms with van der Waals surface area (Å²) in [4.78, 5) is 0. The van der Waals surface area contributed by atoms with Crippen molar-refractivity contribution in [3.05, 3.63) is 41.4 Å². The van der Waals surface area contributed by atoms with Gasteiger partial charge in [0.25, 0.3) is 0 Å². The molecule has 1 radical (unpaired) electrons. The van der Waals surface area contributed by atoms with E-state index in [-0.39, 0.29) is 0 Å². The van der Waals surface area contributed by atoms with Crippen molar-refractivity contribution in [2.75, 3.05) is 6.61 Å². The van der Waals surface area contributed by atoms with Crippen molar-refractivity contribution in [3.8, 4) is 5.75 Å². The SMILES string of the molecule is C=[C]c1cc(Cl)cc(OCC(C)C)c1. The summed E-state index contributed by atoms with van der Waals surface area (Å²) in [5, 5.41) is 0.650. The lowest BCUT2D eigenvalue weighted by Crippen LogP contribution is -2.04. The summed E-state index contributed by atoms with van der Waals surface area (Å²) in [6.07, 6.45) is 2.78. The zero-order chi connectivity index (χ0) is 10.6. The minimum absolute atomic E-state index is 0.505. The summed E-state index contributed by atoms with van der Waals surface area (Å²) in [6, 6.07) is 5.48. The molecular formula is C12H14ClO. The van der Waals surface area contributed by atoms with Crippen molar-refractivity contribution in [2.45, 2.75) is 13.8 Å². The summed E-state index contributed by atoms with van der Waals surface area (Å²) in [6.45, 7) is 8.47. The zero-order valence-electron chi connectivity index (χ0n) is 8.51. The van der Waals surface area contributed by atoms with Gasteiger partial charge in [-0.2, -0.15) is 0 Å². The molecule has 0 aromatic heterocycles. The van der Waals surface area contributed by atoms with Crippen molar-refractivity contribution >= 4 is 11.6 Å². The average molecular weight is 210 g/mol. The van der Waals surface area contributed by atoms with E-state index in [1.54, 1.807) is 12.1 Å². The van der Waals surface area contributed by atoms with E-state index < -0.39 is 0 Å². The van der Waals surface area contributed by atoms with E-state index in [0.717, 1.165) is 11.3 Å². The van der Waals surface area contributed by atoms with Gasteiger partial charge in [0, 0.05) is 5.02 Å². The van der Waals surface area contributed by atoms with Gasteiger partial charge in [-0.3, -0.25) is 0 Å².